The highest BCUT2D eigenvalue weighted by atomic mass is 16.5. The number of amides is 1. The van der Waals surface area contributed by atoms with Crippen molar-refractivity contribution >= 4 is 16.8 Å². The summed E-state index contributed by atoms with van der Waals surface area (Å²) in [5, 5.41) is 1.00. The summed E-state index contributed by atoms with van der Waals surface area (Å²) >= 11 is 0. The van der Waals surface area contributed by atoms with Gasteiger partial charge in [0.1, 0.15) is 5.60 Å². The van der Waals surface area contributed by atoms with E-state index in [1.54, 1.807) is 0 Å². The Morgan fingerprint density at radius 3 is 2.90 bits per heavy atom. The van der Waals surface area contributed by atoms with Crippen molar-refractivity contribution in [3.63, 3.8) is 0 Å². The molecule has 0 N–H and O–H groups in total. The van der Waals surface area contributed by atoms with Crippen molar-refractivity contribution in [1.82, 2.24) is 14.5 Å². The summed E-state index contributed by atoms with van der Waals surface area (Å²) in [4.78, 5) is 19.5. The van der Waals surface area contributed by atoms with Crippen molar-refractivity contribution < 1.29 is 14.3 Å². The first-order valence-electron chi connectivity index (χ1n) is 10.5. The maximum absolute atomic E-state index is 13.1. The van der Waals surface area contributed by atoms with Crippen LogP contribution in [0.1, 0.15) is 34.6 Å². The van der Waals surface area contributed by atoms with Crippen LogP contribution in [-0.4, -0.2) is 51.8 Å². The Kier molecular flexibility index (Phi) is 4.83. The second-order valence-corrected chi connectivity index (χ2v) is 8.56. The van der Waals surface area contributed by atoms with Gasteiger partial charge in [-0.2, -0.15) is 0 Å². The molecule has 1 spiro atoms. The third kappa shape index (κ3) is 3.50. The number of ether oxygens (including phenoxy) is 2. The van der Waals surface area contributed by atoms with E-state index in [-0.39, 0.29) is 17.6 Å². The maximum atomic E-state index is 13.1. The normalized spacial score (nSPS) is 20.5. The van der Waals surface area contributed by atoms with E-state index >= 15 is 0 Å². The molecule has 5 rings (SSSR count). The number of pyridine rings is 1. The predicted molar refractivity (Wildman–Crippen MR) is 114 cm³/mol. The van der Waals surface area contributed by atoms with Crippen LogP contribution in [0.25, 0.3) is 10.9 Å². The van der Waals surface area contributed by atoms with Gasteiger partial charge in [0.25, 0.3) is 5.91 Å². The molecule has 1 amide bonds. The third-order valence-electron chi connectivity index (χ3n) is 6.23. The smallest absolute Gasteiger partial charge is 0.256 e. The summed E-state index contributed by atoms with van der Waals surface area (Å²) in [7, 11) is 1.98. The zero-order chi connectivity index (χ0) is 20.7. The molecule has 156 valence electrons. The number of likely N-dealkylation sites (tertiary alicyclic amines) is 1. The lowest BCUT2D eigenvalue weighted by Crippen LogP contribution is -2.67. The highest BCUT2D eigenvalue weighted by molar-refractivity contribution is 6.07. The molecule has 2 aromatic heterocycles. The number of fused-ring (bicyclic) bond motifs is 1. The zero-order valence-corrected chi connectivity index (χ0v) is 17.5. The van der Waals surface area contributed by atoms with Crippen molar-refractivity contribution in [3.8, 4) is 0 Å². The van der Waals surface area contributed by atoms with E-state index in [4.69, 9.17) is 9.47 Å². The maximum Gasteiger partial charge on any atom is 0.256 e. The van der Waals surface area contributed by atoms with Crippen molar-refractivity contribution in [2.75, 3.05) is 19.7 Å². The Hall–Kier alpha value is -2.70. The summed E-state index contributed by atoms with van der Waals surface area (Å²) in [6, 6.07) is 14.0. The lowest BCUT2D eigenvalue weighted by Gasteiger charge is -2.53. The minimum absolute atomic E-state index is 0.0769. The molecule has 1 aromatic carbocycles. The standard InChI is InChI=1S/C24H27N3O3/c1-17-6-5-7-18(25-17)14-29-19-10-11-30-24(12-19)15-27(16-24)23(28)21-13-26(2)22-9-4-3-8-20(21)22/h3-9,13,19H,10-12,14-16H2,1-2H3/t19-/m1/s1. The van der Waals surface area contributed by atoms with Gasteiger partial charge in [0.15, 0.2) is 0 Å². The number of hydrogen-bond donors (Lipinski definition) is 0. The molecular weight excluding hydrogens is 378 g/mol. The monoisotopic (exact) mass is 405 g/mol. The van der Waals surface area contributed by atoms with Crippen LogP contribution >= 0.6 is 0 Å². The summed E-state index contributed by atoms with van der Waals surface area (Å²) in [5.41, 5.74) is 3.52. The van der Waals surface area contributed by atoms with Crippen molar-refractivity contribution in [2.24, 2.45) is 7.05 Å². The molecule has 1 atom stereocenters. The van der Waals surface area contributed by atoms with E-state index in [2.05, 4.69) is 4.98 Å². The van der Waals surface area contributed by atoms with Gasteiger partial charge in [0.05, 0.1) is 37.1 Å². The molecule has 2 saturated heterocycles. The number of nitrogens with zero attached hydrogens (tertiary/aromatic N) is 3. The van der Waals surface area contributed by atoms with Gasteiger partial charge in [-0.1, -0.05) is 24.3 Å². The Bertz CT molecular complexity index is 1080. The summed E-state index contributed by atoms with van der Waals surface area (Å²) < 4.78 is 14.3. The summed E-state index contributed by atoms with van der Waals surface area (Å²) in [6.45, 7) is 4.42. The first-order chi connectivity index (χ1) is 14.5. The second kappa shape index (κ2) is 7.52. The van der Waals surface area contributed by atoms with E-state index in [1.807, 2.05) is 72.1 Å². The van der Waals surface area contributed by atoms with Crippen molar-refractivity contribution in [3.05, 3.63) is 65.6 Å². The predicted octanol–water partition coefficient (Wildman–Crippen LogP) is 3.47. The number of aryl methyl sites for hydroxylation is 2. The molecule has 0 saturated carbocycles. The fourth-order valence-electron chi connectivity index (χ4n) is 4.70. The molecule has 2 aliphatic heterocycles. The van der Waals surface area contributed by atoms with Gasteiger partial charge < -0.3 is 18.9 Å². The van der Waals surface area contributed by atoms with Crippen LogP contribution in [0.2, 0.25) is 0 Å². The fraction of sp³-hybridized carbons (Fsp3) is 0.417. The van der Waals surface area contributed by atoms with Crippen LogP contribution < -0.4 is 0 Å². The number of hydrogen-bond acceptors (Lipinski definition) is 4. The molecule has 0 aliphatic carbocycles. The van der Waals surface area contributed by atoms with E-state index in [0.717, 1.165) is 40.7 Å². The van der Waals surface area contributed by atoms with Crippen LogP contribution in [-0.2, 0) is 23.1 Å². The summed E-state index contributed by atoms with van der Waals surface area (Å²) in [5.74, 6) is 0.0769. The van der Waals surface area contributed by atoms with Crippen molar-refractivity contribution in [2.45, 2.75) is 38.1 Å². The molecule has 0 unspecified atom stereocenters. The molecule has 0 bridgehead atoms. The number of carbonyl (C=O) groups is 1. The van der Waals surface area contributed by atoms with Gasteiger partial charge in [-0.15, -0.1) is 0 Å². The molecule has 3 aromatic rings. The van der Waals surface area contributed by atoms with Gasteiger partial charge in [0, 0.05) is 42.9 Å². The third-order valence-corrected chi connectivity index (χ3v) is 6.23. The summed E-state index contributed by atoms with van der Waals surface area (Å²) in [6.07, 6.45) is 3.76. The Morgan fingerprint density at radius 2 is 2.07 bits per heavy atom. The van der Waals surface area contributed by atoms with Gasteiger partial charge in [-0.25, -0.2) is 0 Å². The van der Waals surface area contributed by atoms with Gasteiger partial charge in [-0.3, -0.25) is 9.78 Å². The second-order valence-electron chi connectivity index (χ2n) is 8.56. The molecule has 30 heavy (non-hydrogen) atoms. The lowest BCUT2D eigenvalue weighted by atomic mass is 9.84. The molecule has 4 heterocycles. The number of benzene rings is 1. The van der Waals surface area contributed by atoms with E-state index in [9.17, 15) is 4.79 Å². The van der Waals surface area contributed by atoms with Gasteiger partial charge in [0.2, 0.25) is 0 Å². The van der Waals surface area contributed by atoms with Crippen LogP contribution in [0, 0.1) is 6.92 Å². The lowest BCUT2D eigenvalue weighted by molar-refractivity contribution is -0.188. The Morgan fingerprint density at radius 1 is 1.23 bits per heavy atom. The van der Waals surface area contributed by atoms with E-state index in [0.29, 0.717) is 26.3 Å². The first-order valence-corrected chi connectivity index (χ1v) is 10.5. The minimum Gasteiger partial charge on any atom is -0.372 e. The molecule has 6 heteroatoms. The molecule has 0 radical (unpaired) electrons. The van der Waals surface area contributed by atoms with Crippen LogP contribution in [0.4, 0.5) is 0 Å². The van der Waals surface area contributed by atoms with Crippen molar-refractivity contribution in [1.29, 1.82) is 0 Å². The Labute approximate surface area is 176 Å². The average Bonchev–Trinajstić information content (AvgIpc) is 3.07. The molecular formula is C24H27N3O3. The highest BCUT2D eigenvalue weighted by Gasteiger charge is 2.50. The molecule has 6 nitrogen and oxygen atoms in total. The van der Waals surface area contributed by atoms with Gasteiger partial charge >= 0.3 is 0 Å². The number of carbonyl (C=O) groups excluding carboxylic acids is 1. The minimum atomic E-state index is -0.275. The zero-order valence-electron chi connectivity index (χ0n) is 17.5. The molecule has 2 aliphatic rings. The van der Waals surface area contributed by atoms with Crippen LogP contribution in [0.5, 0.6) is 0 Å². The quantitative estimate of drug-likeness (QED) is 0.667. The first kappa shape index (κ1) is 19.3. The van der Waals surface area contributed by atoms with Gasteiger partial charge in [-0.05, 0) is 31.5 Å². The van der Waals surface area contributed by atoms with Crippen LogP contribution in [0.3, 0.4) is 0 Å². The largest absolute Gasteiger partial charge is 0.372 e. The van der Waals surface area contributed by atoms with Crippen LogP contribution in [0.15, 0.2) is 48.7 Å². The van der Waals surface area contributed by atoms with E-state index in [1.165, 1.54) is 0 Å². The number of rotatable bonds is 4. The topological polar surface area (TPSA) is 56.6 Å². The fourth-order valence-corrected chi connectivity index (χ4v) is 4.70. The average molecular weight is 405 g/mol. The Balaban J connectivity index is 1.22. The highest BCUT2D eigenvalue weighted by Crippen LogP contribution is 2.37. The SMILES string of the molecule is Cc1cccc(CO[C@@H]2CCOC3(C2)CN(C(=O)c2cn(C)c4ccccc24)C3)n1. The van der Waals surface area contributed by atoms with E-state index < -0.39 is 0 Å². The number of para-hydroxylation sites is 1. The molecule has 2 fully saturated rings. The number of aromatic nitrogens is 2.